The van der Waals surface area contributed by atoms with Gasteiger partial charge < -0.3 is 10.0 Å². The van der Waals surface area contributed by atoms with Crippen molar-refractivity contribution in [2.75, 3.05) is 13.6 Å². The SMILES string of the molecule is CN(CC(O)c1ccc(Cl)cc1Cl)C1CCCCC1. The lowest BCUT2D eigenvalue weighted by molar-refractivity contribution is 0.0915. The van der Waals surface area contributed by atoms with Crippen LogP contribution in [0.15, 0.2) is 18.2 Å². The molecule has 1 aliphatic carbocycles. The molecule has 1 fully saturated rings. The highest BCUT2D eigenvalue weighted by molar-refractivity contribution is 6.35. The lowest BCUT2D eigenvalue weighted by atomic mass is 9.94. The van der Waals surface area contributed by atoms with Crippen LogP contribution < -0.4 is 0 Å². The number of hydrogen-bond acceptors (Lipinski definition) is 2. The van der Waals surface area contributed by atoms with Crippen molar-refractivity contribution >= 4 is 23.2 Å². The van der Waals surface area contributed by atoms with Crippen molar-refractivity contribution in [2.45, 2.75) is 44.2 Å². The summed E-state index contributed by atoms with van der Waals surface area (Å²) in [4.78, 5) is 2.26. The molecule has 0 saturated heterocycles. The Morgan fingerprint density at radius 3 is 2.58 bits per heavy atom. The van der Waals surface area contributed by atoms with Gasteiger partial charge in [0.2, 0.25) is 0 Å². The van der Waals surface area contributed by atoms with Gasteiger partial charge in [-0.1, -0.05) is 48.5 Å². The molecular weight excluding hydrogens is 281 g/mol. The Labute approximate surface area is 125 Å². The van der Waals surface area contributed by atoms with Crippen LogP contribution in [0.1, 0.15) is 43.8 Å². The molecule has 0 aromatic heterocycles. The largest absolute Gasteiger partial charge is 0.387 e. The Bertz CT molecular complexity index is 419. The number of halogens is 2. The van der Waals surface area contributed by atoms with Crippen LogP contribution in [-0.2, 0) is 0 Å². The average molecular weight is 302 g/mol. The van der Waals surface area contributed by atoms with Crippen LogP contribution in [-0.4, -0.2) is 29.6 Å². The smallest absolute Gasteiger partial charge is 0.0931 e. The lowest BCUT2D eigenvalue weighted by Crippen LogP contribution is -2.36. The first-order valence-corrected chi connectivity index (χ1v) is 7.67. The summed E-state index contributed by atoms with van der Waals surface area (Å²) in [6, 6.07) is 5.85. The Morgan fingerprint density at radius 1 is 1.26 bits per heavy atom. The predicted molar refractivity (Wildman–Crippen MR) is 80.9 cm³/mol. The number of aliphatic hydroxyl groups is 1. The van der Waals surface area contributed by atoms with Crippen molar-refractivity contribution in [3.63, 3.8) is 0 Å². The molecule has 0 heterocycles. The summed E-state index contributed by atoms with van der Waals surface area (Å²) in [5.74, 6) is 0. The molecule has 1 aromatic carbocycles. The molecule has 0 radical (unpaired) electrons. The van der Waals surface area contributed by atoms with E-state index in [-0.39, 0.29) is 0 Å². The first kappa shape index (κ1) is 15.1. The molecule has 1 N–H and O–H groups in total. The van der Waals surface area contributed by atoms with Crippen LogP contribution in [0.25, 0.3) is 0 Å². The predicted octanol–water partition coefficient (Wildman–Crippen LogP) is 4.29. The van der Waals surface area contributed by atoms with Gasteiger partial charge in [-0.25, -0.2) is 0 Å². The fourth-order valence-corrected chi connectivity index (χ4v) is 3.35. The molecule has 106 valence electrons. The van der Waals surface area contributed by atoms with Gasteiger partial charge in [-0.05, 0) is 32.0 Å². The van der Waals surface area contributed by atoms with E-state index in [0.29, 0.717) is 22.6 Å². The second kappa shape index (κ2) is 6.94. The third-order valence-electron chi connectivity index (χ3n) is 3.98. The summed E-state index contributed by atoms with van der Waals surface area (Å²) in [5, 5.41) is 11.5. The Hall–Kier alpha value is -0.280. The summed E-state index contributed by atoms with van der Waals surface area (Å²) in [6.07, 6.45) is 5.85. The minimum atomic E-state index is -0.559. The van der Waals surface area contributed by atoms with Crippen LogP contribution in [0.5, 0.6) is 0 Å². The van der Waals surface area contributed by atoms with Crippen molar-refractivity contribution in [3.8, 4) is 0 Å². The first-order valence-electron chi connectivity index (χ1n) is 6.91. The third kappa shape index (κ3) is 4.09. The highest BCUT2D eigenvalue weighted by Gasteiger charge is 2.21. The van der Waals surface area contributed by atoms with Crippen molar-refractivity contribution < 1.29 is 5.11 Å². The second-order valence-electron chi connectivity index (χ2n) is 5.41. The van der Waals surface area contributed by atoms with Crippen LogP contribution in [0.4, 0.5) is 0 Å². The van der Waals surface area contributed by atoms with Crippen LogP contribution in [0.3, 0.4) is 0 Å². The van der Waals surface area contributed by atoms with Crippen LogP contribution >= 0.6 is 23.2 Å². The van der Waals surface area contributed by atoms with Gasteiger partial charge in [0.15, 0.2) is 0 Å². The molecule has 0 aliphatic heterocycles. The second-order valence-corrected chi connectivity index (χ2v) is 6.26. The normalized spacial score (nSPS) is 18.8. The number of nitrogens with zero attached hydrogens (tertiary/aromatic N) is 1. The number of aliphatic hydroxyl groups excluding tert-OH is 1. The maximum atomic E-state index is 10.3. The van der Waals surface area contributed by atoms with Gasteiger partial charge in [0.25, 0.3) is 0 Å². The molecule has 0 spiro atoms. The Kier molecular flexibility index (Phi) is 5.52. The molecule has 19 heavy (non-hydrogen) atoms. The van der Waals surface area contributed by atoms with E-state index >= 15 is 0 Å². The molecule has 2 rings (SSSR count). The topological polar surface area (TPSA) is 23.5 Å². The van der Waals surface area contributed by atoms with Crippen molar-refractivity contribution in [1.29, 1.82) is 0 Å². The molecule has 1 saturated carbocycles. The molecule has 1 atom stereocenters. The van der Waals surface area contributed by atoms with Gasteiger partial charge in [-0.2, -0.15) is 0 Å². The quantitative estimate of drug-likeness (QED) is 0.897. The summed E-state index contributed by atoms with van der Waals surface area (Å²) in [6.45, 7) is 0.617. The van der Waals surface area contributed by atoms with E-state index in [1.165, 1.54) is 32.1 Å². The lowest BCUT2D eigenvalue weighted by Gasteiger charge is -2.32. The molecule has 1 unspecified atom stereocenters. The van der Waals surface area contributed by atoms with Gasteiger partial charge in [-0.15, -0.1) is 0 Å². The zero-order valence-corrected chi connectivity index (χ0v) is 12.8. The zero-order valence-electron chi connectivity index (χ0n) is 11.3. The molecule has 2 nitrogen and oxygen atoms in total. The summed E-state index contributed by atoms with van der Waals surface area (Å²) in [5.41, 5.74) is 0.758. The first-order chi connectivity index (χ1) is 9.08. The van der Waals surface area contributed by atoms with Crippen molar-refractivity contribution in [1.82, 2.24) is 4.90 Å². The van der Waals surface area contributed by atoms with E-state index in [1.54, 1.807) is 12.1 Å². The van der Waals surface area contributed by atoms with Gasteiger partial charge in [0.05, 0.1) is 6.10 Å². The van der Waals surface area contributed by atoms with Crippen molar-refractivity contribution in [3.05, 3.63) is 33.8 Å². The summed E-state index contributed by atoms with van der Waals surface area (Å²) < 4.78 is 0. The number of likely N-dealkylation sites (N-methyl/N-ethyl adjacent to an activating group) is 1. The molecule has 4 heteroatoms. The van der Waals surface area contributed by atoms with Gasteiger partial charge in [-0.3, -0.25) is 0 Å². The number of hydrogen-bond donors (Lipinski definition) is 1. The van der Waals surface area contributed by atoms with E-state index in [4.69, 9.17) is 23.2 Å². The molecule has 1 aliphatic rings. The third-order valence-corrected chi connectivity index (χ3v) is 4.54. The van der Waals surface area contributed by atoms with E-state index in [1.807, 2.05) is 6.07 Å². The molecule has 0 amide bonds. The summed E-state index contributed by atoms with van der Waals surface area (Å²) >= 11 is 12.0. The maximum absolute atomic E-state index is 10.3. The van der Waals surface area contributed by atoms with Crippen LogP contribution in [0, 0.1) is 0 Å². The molecular formula is C15H21Cl2NO. The Morgan fingerprint density at radius 2 is 1.95 bits per heavy atom. The van der Waals surface area contributed by atoms with Crippen LogP contribution in [0.2, 0.25) is 10.0 Å². The van der Waals surface area contributed by atoms with E-state index < -0.39 is 6.10 Å². The maximum Gasteiger partial charge on any atom is 0.0931 e. The Balaban J connectivity index is 1.97. The summed E-state index contributed by atoms with van der Waals surface area (Å²) in [7, 11) is 2.09. The zero-order chi connectivity index (χ0) is 13.8. The standard InChI is InChI=1S/C15H21Cl2NO/c1-18(12-5-3-2-4-6-12)10-15(19)13-8-7-11(16)9-14(13)17/h7-9,12,15,19H,2-6,10H2,1H3. The highest BCUT2D eigenvalue weighted by Crippen LogP contribution is 2.28. The fraction of sp³-hybridized carbons (Fsp3) is 0.600. The monoisotopic (exact) mass is 301 g/mol. The fourth-order valence-electron chi connectivity index (χ4n) is 2.81. The number of benzene rings is 1. The minimum absolute atomic E-state index is 0.539. The highest BCUT2D eigenvalue weighted by atomic mass is 35.5. The minimum Gasteiger partial charge on any atom is -0.387 e. The van der Waals surface area contributed by atoms with Gasteiger partial charge >= 0.3 is 0 Å². The number of rotatable bonds is 4. The van der Waals surface area contributed by atoms with E-state index in [2.05, 4.69) is 11.9 Å². The van der Waals surface area contributed by atoms with E-state index in [9.17, 15) is 5.11 Å². The average Bonchev–Trinajstić information content (AvgIpc) is 2.39. The van der Waals surface area contributed by atoms with Gasteiger partial charge in [0, 0.05) is 28.2 Å². The molecule has 1 aromatic rings. The van der Waals surface area contributed by atoms with E-state index in [0.717, 1.165) is 5.56 Å². The molecule has 0 bridgehead atoms. The van der Waals surface area contributed by atoms with Gasteiger partial charge in [0.1, 0.15) is 0 Å². The van der Waals surface area contributed by atoms with Crippen molar-refractivity contribution in [2.24, 2.45) is 0 Å².